The summed E-state index contributed by atoms with van der Waals surface area (Å²) in [6, 6.07) is 0. The number of nitrogens with one attached hydrogen (secondary N) is 1. The van der Waals surface area contributed by atoms with Gasteiger partial charge in [-0.1, -0.05) is 13.8 Å². The molecule has 0 aliphatic heterocycles. The fourth-order valence-electron chi connectivity index (χ4n) is 1.32. The normalized spacial score (nSPS) is 11.2. The van der Waals surface area contributed by atoms with Crippen LogP contribution < -0.4 is 5.32 Å². The van der Waals surface area contributed by atoms with Crippen LogP contribution in [0.1, 0.15) is 30.8 Å². The molecule has 0 fully saturated rings. The van der Waals surface area contributed by atoms with Gasteiger partial charge in [0.25, 0.3) is 0 Å². The van der Waals surface area contributed by atoms with Gasteiger partial charge in [0, 0.05) is 11.4 Å². The van der Waals surface area contributed by atoms with Gasteiger partial charge < -0.3 is 5.32 Å². The second-order valence-electron chi connectivity index (χ2n) is 4.36. The third-order valence-corrected chi connectivity index (χ3v) is 4.64. The lowest BCUT2D eigenvalue weighted by atomic mass is 10.3. The summed E-state index contributed by atoms with van der Waals surface area (Å²) in [6.07, 6.45) is 1.26. The molecular formula is C12H22N2S2. The van der Waals surface area contributed by atoms with Crippen LogP contribution in [0.25, 0.3) is 0 Å². The Balaban J connectivity index is 1.94. The Hall–Kier alpha value is -0.0600. The summed E-state index contributed by atoms with van der Waals surface area (Å²) in [5.41, 5.74) is 3.09. The largest absolute Gasteiger partial charge is 0.312 e. The summed E-state index contributed by atoms with van der Waals surface area (Å²) in [5.74, 6) is 3.37. The maximum atomic E-state index is 4.24. The summed E-state index contributed by atoms with van der Waals surface area (Å²) in [6.45, 7) is 8.72. The fourth-order valence-corrected chi connectivity index (χ4v) is 3.05. The molecule has 0 unspecified atom stereocenters. The smallest absolute Gasteiger partial charge is 0.0798 e. The van der Waals surface area contributed by atoms with E-state index in [1.165, 1.54) is 28.5 Å². The van der Waals surface area contributed by atoms with Crippen LogP contribution in [-0.4, -0.2) is 23.0 Å². The average molecular weight is 258 g/mol. The quantitative estimate of drug-likeness (QED) is 0.724. The minimum absolute atomic E-state index is 0.817. The maximum absolute atomic E-state index is 4.24. The van der Waals surface area contributed by atoms with Gasteiger partial charge in [-0.15, -0.1) is 11.3 Å². The van der Waals surface area contributed by atoms with Gasteiger partial charge in [-0.05, 0) is 37.3 Å². The van der Waals surface area contributed by atoms with Crippen LogP contribution in [-0.2, 0) is 6.54 Å². The number of thiazole rings is 1. The summed E-state index contributed by atoms with van der Waals surface area (Å²) >= 11 is 3.81. The molecule has 1 N–H and O–H groups in total. The first-order valence-corrected chi connectivity index (χ1v) is 7.91. The van der Waals surface area contributed by atoms with E-state index in [2.05, 4.69) is 42.8 Å². The van der Waals surface area contributed by atoms with Crippen molar-refractivity contribution >= 4 is 23.1 Å². The van der Waals surface area contributed by atoms with E-state index >= 15 is 0 Å². The zero-order chi connectivity index (χ0) is 11.8. The van der Waals surface area contributed by atoms with Gasteiger partial charge >= 0.3 is 0 Å². The zero-order valence-electron chi connectivity index (χ0n) is 10.5. The maximum Gasteiger partial charge on any atom is 0.0798 e. The molecule has 0 aliphatic rings. The van der Waals surface area contributed by atoms with E-state index in [4.69, 9.17) is 0 Å². The highest BCUT2D eigenvalue weighted by atomic mass is 32.2. The second-order valence-corrected chi connectivity index (χ2v) is 6.45. The van der Waals surface area contributed by atoms with Crippen LogP contribution in [0.2, 0.25) is 0 Å². The van der Waals surface area contributed by atoms with Crippen LogP contribution in [0.15, 0.2) is 5.51 Å². The van der Waals surface area contributed by atoms with E-state index in [1.54, 1.807) is 11.3 Å². The Morgan fingerprint density at radius 2 is 2.31 bits per heavy atom. The molecule has 0 saturated heterocycles. The SMILES string of the molecule is Cc1ncsc1CNCCCSCC(C)C. The molecule has 1 heterocycles. The molecule has 4 heteroatoms. The van der Waals surface area contributed by atoms with Gasteiger partial charge in [-0.3, -0.25) is 0 Å². The zero-order valence-corrected chi connectivity index (χ0v) is 12.1. The first kappa shape index (κ1) is 14.0. The Kier molecular flexibility index (Phi) is 7.08. The Labute approximate surface area is 107 Å². The lowest BCUT2D eigenvalue weighted by Crippen LogP contribution is -2.15. The lowest BCUT2D eigenvalue weighted by molar-refractivity contribution is 0.681. The minimum atomic E-state index is 0.817. The molecule has 16 heavy (non-hydrogen) atoms. The predicted molar refractivity (Wildman–Crippen MR) is 75.3 cm³/mol. The van der Waals surface area contributed by atoms with Crippen molar-refractivity contribution in [3.05, 3.63) is 16.1 Å². The Morgan fingerprint density at radius 1 is 1.50 bits per heavy atom. The van der Waals surface area contributed by atoms with Gasteiger partial charge in [0.15, 0.2) is 0 Å². The molecule has 0 spiro atoms. The standard InChI is InChI=1S/C12H22N2S2/c1-10(2)8-15-6-4-5-13-7-12-11(3)14-9-16-12/h9-10,13H,4-8H2,1-3H3. The molecule has 0 aromatic carbocycles. The van der Waals surface area contributed by atoms with Crippen molar-refractivity contribution in [2.75, 3.05) is 18.1 Å². The highest BCUT2D eigenvalue weighted by Crippen LogP contribution is 2.11. The van der Waals surface area contributed by atoms with Gasteiger partial charge in [0.1, 0.15) is 0 Å². The van der Waals surface area contributed by atoms with E-state index in [-0.39, 0.29) is 0 Å². The summed E-state index contributed by atoms with van der Waals surface area (Å²) in [4.78, 5) is 5.61. The van der Waals surface area contributed by atoms with E-state index in [9.17, 15) is 0 Å². The number of aromatic nitrogens is 1. The van der Waals surface area contributed by atoms with Crippen LogP contribution >= 0.6 is 23.1 Å². The predicted octanol–water partition coefficient (Wildman–Crippen LogP) is 3.32. The van der Waals surface area contributed by atoms with E-state index in [0.717, 1.165) is 19.0 Å². The molecule has 0 bridgehead atoms. The van der Waals surface area contributed by atoms with Crippen molar-refractivity contribution in [2.24, 2.45) is 5.92 Å². The third kappa shape index (κ3) is 5.87. The first-order chi connectivity index (χ1) is 7.70. The van der Waals surface area contributed by atoms with Crippen molar-refractivity contribution < 1.29 is 0 Å². The van der Waals surface area contributed by atoms with Gasteiger partial charge in [0.2, 0.25) is 0 Å². The first-order valence-electron chi connectivity index (χ1n) is 5.87. The minimum Gasteiger partial charge on any atom is -0.312 e. The van der Waals surface area contributed by atoms with Crippen molar-refractivity contribution in [1.82, 2.24) is 10.3 Å². The molecule has 1 rings (SSSR count). The molecule has 0 amide bonds. The van der Waals surface area contributed by atoms with Gasteiger partial charge in [0.05, 0.1) is 11.2 Å². The highest BCUT2D eigenvalue weighted by molar-refractivity contribution is 7.99. The molecule has 1 aromatic heterocycles. The van der Waals surface area contributed by atoms with Crippen LogP contribution in [0.3, 0.4) is 0 Å². The Morgan fingerprint density at radius 3 is 2.94 bits per heavy atom. The summed E-state index contributed by atoms with van der Waals surface area (Å²) < 4.78 is 0. The van der Waals surface area contributed by atoms with Gasteiger partial charge in [-0.2, -0.15) is 11.8 Å². The van der Waals surface area contributed by atoms with Crippen molar-refractivity contribution in [3.63, 3.8) is 0 Å². The molecule has 2 nitrogen and oxygen atoms in total. The average Bonchev–Trinajstić information content (AvgIpc) is 2.62. The number of hydrogen-bond donors (Lipinski definition) is 1. The van der Waals surface area contributed by atoms with Crippen molar-refractivity contribution in [3.8, 4) is 0 Å². The van der Waals surface area contributed by atoms with E-state index in [0.29, 0.717) is 0 Å². The number of rotatable bonds is 8. The molecule has 0 radical (unpaired) electrons. The molecule has 0 atom stereocenters. The highest BCUT2D eigenvalue weighted by Gasteiger charge is 1.99. The summed E-state index contributed by atoms with van der Waals surface area (Å²) in [5, 5.41) is 3.47. The third-order valence-electron chi connectivity index (χ3n) is 2.22. The van der Waals surface area contributed by atoms with Crippen LogP contribution in [0, 0.1) is 12.8 Å². The topological polar surface area (TPSA) is 24.9 Å². The summed E-state index contributed by atoms with van der Waals surface area (Å²) in [7, 11) is 0. The number of nitrogens with zero attached hydrogens (tertiary/aromatic N) is 1. The molecule has 0 saturated carbocycles. The molecule has 92 valence electrons. The van der Waals surface area contributed by atoms with Crippen LogP contribution in [0.4, 0.5) is 0 Å². The number of hydrogen-bond acceptors (Lipinski definition) is 4. The fraction of sp³-hybridized carbons (Fsp3) is 0.750. The molecule has 0 aliphatic carbocycles. The van der Waals surface area contributed by atoms with Gasteiger partial charge in [-0.25, -0.2) is 4.98 Å². The lowest BCUT2D eigenvalue weighted by Gasteiger charge is -2.05. The number of thioether (sulfide) groups is 1. The monoisotopic (exact) mass is 258 g/mol. The van der Waals surface area contributed by atoms with Crippen LogP contribution in [0.5, 0.6) is 0 Å². The van der Waals surface area contributed by atoms with Crippen molar-refractivity contribution in [2.45, 2.75) is 33.7 Å². The second kappa shape index (κ2) is 8.09. The Bertz CT molecular complexity index is 284. The molecular weight excluding hydrogens is 236 g/mol. The number of aryl methyl sites for hydroxylation is 1. The van der Waals surface area contributed by atoms with Crippen molar-refractivity contribution in [1.29, 1.82) is 0 Å². The van der Waals surface area contributed by atoms with E-state index in [1.807, 2.05) is 5.51 Å². The van der Waals surface area contributed by atoms with E-state index < -0.39 is 0 Å². The molecule has 1 aromatic rings.